The summed E-state index contributed by atoms with van der Waals surface area (Å²) in [6.07, 6.45) is 6.49. The van der Waals surface area contributed by atoms with E-state index < -0.39 is 0 Å². The normalized spacial score (nSPS) is 18.5. The lowest BCUT2D eigenvalue weighted by atomic mass is 9.88. The Bertz CT molecular complexity index is 1210. The second-order valence-corrected chi connectivity index (χ2v) is 9.53. The Balaban J connectivity index is 1.38. The van der Waals surface area contributed by atoms with Gasteiger partial charge in [-0.25, -0.2) is 9.97 Å². The predicted octanol–water partition coefficient (Wildman–Crippen LogP) is 4.10. The molecule has 5 rings (SSSR count). The highest BCUT2D eigenvalue weighted by molar-refractivity contribution is 5.98. The van der Waals surface area contributed by atoms with Crippen LogP contribution in [0.25, 0.3) is 22.0 Å². The van der Waals surface area contributed by atoms with Crippen molar-refractivity contribution in [2.24, 2.45) is 5.73 Å². The molecule has 0 spiro atoms. The molecule has 178 valence electrons. The van der Waals surface area contributed by atoms with Gasteiger partial charge in [-0.15, -0.1) is 0 Å². The van der Waals surface area contributed by atoms with Gasteiger partial charge in [0.2, 0.25) is 11.9 Å². The number of amides is 1. The molecule has 1 aliphatic heterocycles. The van der Waals surface area contributed by atoms with Crippen LogP contribution in [0.3, 0.4) is 0 Å². The molecule has 1 saturated heterocycles. The van der Waals surface area contributed by atoms with E-state index in [9.17, 15) is 4.79 Å². The molecular formula is C27H33N5O2. The van der Waals surface area contributed by atoms with Gasteiger partial charge in [-0.2, -0.15) is 0 Å². The van der Waals surface area contributed by atoms with Gasteiger partial charge in [-0.1, -0.05) is 12.1 Å². The molecule has 2 fully saturated rings. The van der Waals surface area contributed by atoms with E-state index in [0.717, 1.165) is 72.2 Å². The third-order valence-electron chi connectivity index (χ3n) is 7.15. The number of anilines is 1. The zero-order valence-corrected chi connectivity index (χ0v) is 20.0. The average molecular weight is 460 g/mol. The number of benzene rings is 2. The van der Waals surface area contributed by atoms with Gasteiger partial charge >= 0.3 is 0 Å². The minimum atomic E-state index is -0.356. The maximum Gasteiger partial charge on any atom is 0.249 e. The smallest absolute Gasteiger partial charge is 0.249 e. The van der Waals surface area contributed by atoms with Gasteiger partial charge in [0.25, 0.3) is 0 Å². The van der Waals surface area contributed by atoms with Crippen molar-refractivity contribution in [3.8, 4) is 11.1 Å². The van der Waals surface area contributed by atoms with E-state index in [1.807, 2.05) is 24.4 Å². The standard InChI is InChI=1S/C27H33N5O2/c1-17-5-9-22(26(28)33)25(18-6-7-18)24(17)19-8-10-23-20(14-19)15-29-27(31-23)30-16-21-4-3-11-32(21)12-13-34-2/h5,8-10,14-15,18,21H,3-4,6-7,11-13,16H2,1-2H3,(H2,28,33)(H,29,30,31). The quantitative estimate of drug-likeness (QED) is 0.500. The number of nitrogens with two attached hydrogens (primary N) is 1. The topological polar surface area (TPSA) is 93.4 Å². The number of primary amides is 1. The number of nitrogens with one attached hydrogen (secondary N) is 1. The van der Waals surface area contributed by atoms with Crippen LogP contribution in [-0.2, 0) is 4.74 Å². The van der Waals surface area contributed by atoms with Crippen molar-refractivity contribution < 1.29 is 9.53 Å². The summed E-state index contributed by atoms with van der Waals surface area (Å²) >= 11 is 0. The first-order valence-corrected chi connectivity index (χ1v) is 12.2. The van der Waals surface area contributed by atoms with Gasteiger partial charge in [0.05, 0.1) is 12.1 Å². The van der Waals surface area contributed by atoms with Crippen LogP contribution >= 0.6 is 0 Å². The number of aromatic nitrogens is 2. The summed E-state index contributed by atoms with van der Waals surface area (Å²) in [6, 6.07) is 10.6. The first-order chi connectivity index (χ1) is 16.5. The molecular weight excluding hydrogens is 426 g/mol. The Kier molecular flexibility index (Phi) is 6.48. The van der Waals surface area contributed by atoms with Crippen LogP contribution in [0.2, 0.25) is 0 Å². The summed E-state index contributed by atoms with van der Waals surface area (Å²) in [4.78, 5) is 23.9. The summed E-state index contributed by atoms with van der Waals surface area (Å²) in [5, 5.41) is 4.42. The minimum Gasteiger partial charge on any atom is -0.383 e. The molecule has 1 aromatic heterocycles. The molecule has 7 heteroatoms. The summed E-state index contributed by atoms with van der Waals surface area (Å²) < 4.78 is 5.24. The summed E-state index contributed by atoms with van der Waals surface area (Å²) in [5.74, 6) is 0.713. The van der Waals surface area contributed by atoms with E-state index >= 15 is 0 Å². The number of rotatable bonds is 9. The predicted molar refractivity (Wildman–Crippen MR) is 135 cm³/mol. The van der Waals surface area contributed by atoms with Crippen molar-refractivity contribution in [2.75, 3.05) is 38.7 Å². The Morgan fingerprint density at radius 3 is 2.85 bits per heavy atom. The lowest BCUT2D eigenvalue weighted by molar-refractivity contribution is 0.0999. The van der Waals surface area contributed by atoms with Crippen LogP contribution in [0.4, 0.5) is 5.95 Å². The largest absolute Gasteiger partial charge is 0.383 e. The van der Waals surface area contributed by atoms with E-state index in [1.54, 1.807) is 7.11 Å². The van der Waals surface area contributed by atoms with Gasteiger partial charge in [-0.05, 0) is 85.5 Å². The molecule has 0 bridgehead atoms. The van der Waals surface area contributed by atoms with Crippen molar-refractivity contribution in [2.45, 2.75) is 44.6 Å². The number of hydrogen-bond acceptors (Lipinski definition) is 6. The van der Waals surface area contributed by atoms with Gasteiger partial charge in [0.15, 0.2) is 0 Å². The van der Waals surface area contributed by atoms with E-state index in [1.165, 1.54) is 12.8 Å². The van der Waals surface area contributed by atoms with Crippen LogP contribution in [0, 0.1) is 6.92 Å². The number of likely N-dealkylation sites (tertiary alicyclic amines) is 1. The minimum absolute atomic E-state index is 0.356. The number of carbonyl (C=O) groups is 1. The molecule has 34 heavy (non-hydrogen) atoms. The summed E-state index contributed by atoms with van der Waals surface area (Å²) in [7, 11) is 1.75. The Morgan fingerprint density at radius 2 is 2.09 bits per heavy atom. The summed E-state index contributed by atoms with van der Waals surface area (Å²) in [6.45, 7) is 5.77. The molecule has 2 heterocycles. The fourth-order valence-corrected chi connectivity index (χ4v) is 5.24. The fraction of sp³-hybridized carbons (Fsp3) is 0.444. The van der Waals surface area contributed by atoms with E-state index in [-0.39, 0.29) is 5.91 Å². The van der Waals surface area contributed by atoms with Crippen LogP contribution in [0.5, 0.6) is 0 Å². The highest BCUT2D eigenvalue weighted by Crippen LogP contribution is 2.47. The van der Waals surface area contributed by atoms with E-state index in [4.69, 9.17) is 15.5 Å². The molecule has 7 nitrogen and oxygen atoms in total. The maximum atomic E-state index is 12.1. The van der Waals surface area contributed by atoms with Gasteiger partial charge in [-0.3, -0.25) is 9.69 Å². The molecule has 3 N–H and O–H groups in total. The van der Waals surface area contributed by atoms with Crippen molar-refractivity contribution in [3.63, 3.8) is 0 Å². The van der Waals surface area contributed by atoms with Crippen molar-refractivity contribution >= 4 is 22.8 Å². The lowest BCUT2D eigenvalue weighted by Gasteiger charge is -2.24. The lowest BCUT2D eigenvalue weighted by Crippen LogP contribution is -2.37. The fourth-order valence-electron chi connectivity index (χ4n) is 5.24. The number of hydrogen-bond donors (Lipinski definition) is 2. The van der Waals surface area contributed by atoms with Crippen LogP contribution in [0.15, 0.2) is 36.5 Å². The Morgan fingerprint density at radius 1 is 1.24 bits per heavy atom. The van der Waals surface area contributed by atoms with Gasteiger partial charge < -0.3 is 15.8 Å². The molecule has 1 aliphatic carbocycles. The average Bonchev–Trinajstić information content (AvgIpc) is 3.59. The zero-order valence-electron chi connectivity index (χ0n) is 20.0. The third-order valence-corrected chi connectivity index (χ3v) is 7.15. The number of nitrogens with zero attached hydrogens (tertiary/aromatic N) is 3. The third kappa shape index (κ3) is 4.63. The van der Waals surface area contributed by atoms with Crippen LogP contribution < -0.4 is 11.1 Å². The van der Waals surface area contributed by atoms with Crippen LogP contribution in [0.1, 0.15) is 53.1 Å². The van der Waals surface area contributed by atoms with Gasteiger partial charge in [0.1, 0.15) is 0 Å². The molecule has 1 unspecified atom stereocenters. The Hall–Kier alpha value is -3.03. The second kappa shape index (κ2) is 9.68. The molecule has 2 aliphatic rings. The number of methoxy groups -OCH3 is 1. The number of ether oxygens (including phenoxy) is 1. The number of fused-ring (bicyclic) bond motifs is 1. The molecule has 1 atom stereocenters. The molecule has 1 saturated carbocycles. The molecule has 3 aromatic rings. The van der Waals surface area contributed by atoms with Crippen molar-refractivity contribution in [3.05, 3.63) is 53.2 Å². The Labute approximate surface area is 200 Å². The van der Waals surface area contributed by atoms with Crippen molar-refractivity contribution in [1.29, 1.82) is 0 Å². The summed E-state index contributed by atoms with van der Waals surface area (Å²) in [5.41, 5.74) is 11.7. The van der Waals surface area contributed by atoms with Crippen molar-refractivity contribution in [1.82, 2.24) is 14.9 Å². The first-order valence-electron chi connectivity index (χ1n) is 12.2. The highest BCUT2D eigenvalue weighted by Gasteiger charge is 2.31. The monoisotopic (exact) mass is 459 g/mol. The van der Waals surface area contributed by atoms with E-state index in [0.29, 0.717) is 23.5 Å². The number of aryl methyl sites for hydroxylation is 1. The molecule has 2 aromatic carbocycles. The SMILES string of the molecule is COCCN1CCCC1CNc1ncc2cc(-c3c(C)ccc(C(N)=O)c3C3CC3)ccc2n1. The molecule has 0 radical (unpaired) electrons. The highest BCUT2D eigenvalue weighted by atomic mass is 16.5. The number of carbonyl (C=O) groups excluding carboxylic acids is 1. The van der Waals surface area contributed by atoms with Crippen LogP contribution in [-0.4, -0.2) is 60.2 Å². The molecule has 1 amide bonds. The zero-order chi connectivity index (χ0) is 23.7. The van der Waals surface area contributed by atoms with E-state index in [2.05, 4.69) is 34.3 Å². The second-order valence-electron chi connectivity index (χ2n) is 9.53. The van der Waals surface area contributed by atoms with Gasteiger partial charge in [0, 0.05) is 43.4 Å². The maximum absolute atomic E-state index is 12.1. The first kappa shape index (κ1) is 22.7.